The first kappa shape index (κ1) is 16.0. The molecule has 0 amide bonds. The minimum Gasteiger partial charge on any atom is -0.357 e. The van der Waals surface area contributed by atoms with Crippen molar-refractivity contribution in [2.45, 2.75) is 6.92 Å². The molecular formula is C18H14ClN3O2. The Morgan fingerprint density at radius 1 is 1.42 bits per heavy atom. The molecule has 0 atom stereocenters. The van der Waals surface area contributed by atoms with E-state index in [2.05, 4.69) is 21.7 Å². The number of H-pyrrole nitrogens is 1. The van der Waals surface area contributed by atoms with Crippen molar-refractivity contribution in [3.05, 3.63) is 70.2 Å². The Kier molecular flexibility index (Phi) is 4.44. The van der Waals surface area contributed by atoms with Gasteiger partial charge in [-0.3, -0.25) is 9.78 Å². The molecule has 24 heavy (non-hydrogen) atoms. The summed E-state index contributed by atoms with van der Waals surface area (Å²) < 4.78 is 0. The molecule has 3 rings (SSSR count). The summed E-state index contributed by atoms with van der Waals surface area (Å²) in [5.41, 5.74) is 2.05. The van der Waals surface area contributed by atoms with Crippen LogP contribution in [0.2, 0.25) is 5.02 Å². The molecule has 0 aliphatic heterocycles. The topological polar surface area (TPSA) is 67.3 Å². The van der Waals surface area contributed by atoms with E-state index in [1.807, 2.05) is 6.07 Å². The van der Waals surface area contributed by atoms with Gasteiger partial charge in [0.15, 0.2) is 5.76 Å². The number of hydrogen-bond donors (Lipinski definition) is 1. The Labute approximate surface area is 143 Å². The molecule has 5 nitrogen and oxygen atoms in total. The monoisotopic (exact) mass is 339 g/mol. The summed E-state index contributed by atoms with van der Waals surface area (Å²) in [5.74, 6) is 0.148. The fourth-order valence-electron chi connectivity index (χ4n) is 2.50. The summed E-state index contributed by atoms with van der Waals surface area (Å²) in [5, 5.41) is 5.04. The SMILES string of the molecule is C=C(O/N=C/C)c1c(-c2cccnc2)c2cc(Cl)ccc2[nH]c1=O. The van der Waals surface area contributed by atoms with Crippen molar-refractivity contribution >= 4 is 34.5 Å². The van der Waals surface area contributed by atoms with Crippen LogP contribution in [0.15, 0.2) is 59.3 Å². The second-order valence-corrected chi connectivity index (χ2v) is 5.45. The molecule has 0 unspecified atom stereocenters. The van der Waals surface area contributed by atoms with Gasteiger partial charge < -0.3 is 9.82 Å². The number of nitrogens with zero attached hydrogens (tertiary/aromatic N) is 2. The maximum absolute atomic E-state index is 12.6. The first-order valence-electron chi connectivity index (χ1n) is 7.22. The van der Waals surface area contributed by atoms with Crippen molar-refractivity contribution in [2.24, 2.45) is 5.16 Å². The lowest BCUT2D eigenvalue weighted by Crippen LogP contribution is -2.14. The van der Waals surface area contributed by atoms with Gasteiger partial charge in [0.1, 0.15) is 0 Å². The molecule has 1 aromatic carbocycles. The van der Waals surface area contributed by atoms with E-state index in [0.29, 0.717) is 21.7 Å². The lowest BCUT2D eigenvalue weighted by atomic mass is 9.96. The van der Waals surface area contributed by atoms with E-state index in [-0.39, 0.29) is 11.3 Å². The van der Waals surface area contributed by atoms with E-state index in [9.17, 15) is 4.79 Å². The molecular weight excluding hydrogens is 326 g/mol. The highest BCUT2D eigenvalue weighted by Crippen LogP contribution is 2.33. The molecule has 2 heterocycles. The number of rotatable bonds is 4. The number of aromatic amines is 1. The molecule has 0 aliphatic carbocycles. The van der Waals surface area contributed by atoms with Gasteiger partial charge in [-0.2, -0.15) is 0 Å². The summed E-state index contributed by atoms with van der Waals surface area (Å²) in [6.45, 7) is 5.54. The molecule has 0 saturated heterocycles. The van der Waals surface area contributed by atoms with Crippen LogP contribution < -0.4 is 5.56 Å². The molecule has 0 bridgehead atoms. The minimum absolute atomic E-state index is 0.148. The lowest BCUT2D eigenvalue weighted by Gasteiger charge is -2.13. The smallest absolute Gasteiger partial charge is 0.260 e. The van der Waals surface area contributed by atoms with Crippen LogP contribution in [-0.4, -0.2) is 16.2 Å². The number of fused-ring (bicyclic) bond motifs is 1. The first-order chi connectivity index (χ1) is 11.6. The Morgan fingerprint density at radius 2 is 2.25 bits per heavy atom. The summed E-state index contributed by atoms with van der Waals surface area (Å²) in [4.78, 5) is 24.8. The van der Waals surface area contributed by atoms with Crippen LogP contribution in [0.5, 0.6) is 0 Å². The number of aromatic nitrogens is 2. The normalized spacial score (nSPS) is 11.1. The number of pyridine rings is 2. The minimum atomic E-state index is -0.319. The molecule has 6 heteroatoms. The van der Waals surface area contributed by atoms with E-state index in [1.54, 1.807) is 43.6 Å². The zero-order valence-electron chi connectivity index (χ0n) is 12.9. The van der Waals surface area contributed by atoms with Crippen LogP contribution in [0, 0.1) is 0 Å². The molecule has 1 N–H and O–H groups in total. The van der Waals surface area contributed by atoms with Crippen molar-refractivity contribution < 1.29 is 4.84 Å². The largest absolute Gasteiger partial charge is 0.357 e. The first-order valence-corrected chi connectivity index (χ1v) is 7.60. The van der Waals surface area contributed by atoms with Crippen LogP contribution >= 0.6 is 11.6 Å². The second kappa shape index (κ2) is 6.68. The third-order valence-corrected chi connectivity index (χ3v) is 3.71. The quantitative estimate of drug-likeness (QED) is 0.439. The van der Waals surface area contributed by atoms with Gasteiger partial charge in [0.25, 0.3) is 5.56 Å². The van der Waals surface area contributed by atoms with Gasteiger partial charge in [-0.25, -0.2) is 0 Å². The highest BCUT2D eigenvalue weighted by molar-refractivity contribution is 6.31. The standard InChI is InChI=1S/C18H14ClN3O2/c1-3-21-24-11(2)16-17(12-5-4-8-20-10-12)14-9-13(19)6-7-15(14)22-18(16)23/h3-10H,2H2,1H3,(H,22,23)/b21-3+. The van der Waals surface area contributed by atoms with Crippen molar-refractivity contribution in [1.29, 1.82) is 0 Å². The van der Waals surface area contributed by atoms with E-state index >= 15 is 0 Å². The summed E-state index contributed by atoms with van der Waals surface area (Å²) in [6.07, 6.45) is 4.81. The maximum atomic E-state index is 12.6. The number of benzene rings is 1. The van der Waals surface area contributed by atoms with Gasteiger partial charge in [0, 0.05) is 45.7 Å². The Hall–Kier alpha value is -2.92. The van der Waals surface area contributed by atoms with E-state index in [4.69, 9.17) is 16.4 Å². The Balaban J connectivity index is 2.39. The second-order valence-electron chi connectivity index (χ2n) is 5.01. The fraction of sp³-hybridized carbons (Fsp3) is 0.0556. The van der Waals surface area contributed by atoms with E-state index in [0.717, 1.165) is 10.9 Å². The summed E-state index contributed by atoms with van der Waals surface area (Å²) in [7, 11) is 0. The van der Waals surface area contributed by atoms with Gasteiger partial charge in [0.05, 0.1) is 5.56 Å². The third-order valence-electron chi connectivity index (χ3n) is 3.47. The maximum Gasteiger partial charge on any atom is 0.260 e. The summed E-state index contributed by atoms with van der Waals surface area (Å²) in [6, 6.07) is 8.93. The van der Waals surface area contributed by atoms with Gasteiger partial charge in [-0.15, -0.1) is 0 Å². The number of nitrogens with one attached hydrogen (secondary N) is 1. The number of oxime groups is 1. The molecule has 0 fully saturated rings. The molecule has 0 spiro atoms. The average Bonchev–Trinajstić information content (AvgIpc) is 2.59. The van der Waals surface area contributed by atoms with Crippen molar-refractivity contribution in [3.8, 4) is 11.1 Å². The highest BCUT2D eigenvalue weighted by Gasteiger charge is 2.18. The molecule has 3 aromatic rings. The fourth-order valence-corrected chi connectivity index (χ4v) is 2.68. The van der Waals surface area contributed by atoms with Crippen LogP contribution in [-0.2, 0) is 4.84 Å². The highest BCUT2D eigenvalue weighted by atomic mass is 35.5. The van der Waals surface area contributed by atoms with Gasteiger partial charge in [-0.1, -0.05) is 29.4 Å². The molecule has 0 saturated carbocycles. The predicted octanol–water partition coefficient (Wildman–Crippen LogP) is 4.24. The van der Waals surface area contributed by atoms with E-state index < -0.39 is 0 Å². The lowest BCUT2D eigenvalue weighted by molar-refractivity contribution is 0.301. The van der Waals surface area contributed by atoms with Gasteiger partial charge in [-0.05, 0) is 31.2 Å². The summed E-state index contributed by atoms with van der Waals surface area (Å²) >= 11 is 6.15. The Morgan fingerprint density at radius 3 is 2.96 bits per heavy atom. The van der Waals surface area contributed by atoms with Crippen LogP contribution in [0.3, 0.4) is 0 Å². The van der Waals surface area contributed by atoms with Gasteiger partial charge in [0.2, 0.25) is 0 Å². The van der Waals surface area contributed by atoms with E-state index in [1.165, 1.54) is 6.21 Å². The number of halogens is 1. The molecule has 0 aliphatic rings. The Bertz CT molecular complexity index is 994. The van der Waals surface area contributed by atoms with Crippen molar-refractivity contribution in [1.82, 2.24) is 9.97 Å². The molecule has 120 valence electrons. The van der Waals surface area contributed by atoms with Crippen molar-refractivity contribution in [3.63, 3.8) is 0 Å². The average molecular weight is 340 g/mol. The predicted molar refractivity (Wildman–Crippen MR) is 97.1 cm³/mol. The van der Waals surface area contributed by atoms with Gasteiger partial charge >= 0.3 is 0 Å². The zero-order chi connectivity index (χ0) is 17.1. The molecule has 0 radical (unpaired) electrons. The third kappa shape index (κ3) is 2.94. The molecule has 2 aromatic heterocycles. The van der Waals surface area contributed by atoms with Crippen molar-refractivity contribution in [2.75, 3.05) is 0 Å². The van der Waals surface area contributed by atoms with Crippen LogP contribution in [0.1, 0.15) is 12.5 Å². The number of hydrogen-bond acceptors (Lipinski definition) is 4. The zero-order valence-corrected chi connectivity index (χ0v) is 13.7. The van der Waals surface area contributed by atoms with Crippen LogP contribution in [0.4, 0.5) is 0 Å². The van der Waals surface area contributed by atoms with Crippen LogP contribution in [0.25, 0.3) is 27.8 Å².